The van der Waals surface area contributed by atoms with Crippen molar-refractivity contribution >= 4 is 44.3 Å². The van der Waals surface area contributed by atoms with Crippen LogP contribution < -0.4 is 11.0 Å². The number of imidazole rings is 2. The molecular formula is C25H23N5O2S. The average molecular weight is 458 g/mol. The number of hydrogen-bond donors (Lipinski definition) is 2. The fraction of sp³-hybridized carbons (Fsp3) is 0.240. The number of amides is 1. The lowest BCUT2D eigenvalue weighted by atomic mass is 9.95. The minimum atomic E-state index is -0.218. The molecule has 1 amide bonds. The van der Waals surface area contributed by atoms with E-state index >= 15 is 0 Å². The van der Waals surface area contributed by atoms with Crippen LogP contribution in [0.15, 0.2) is 53.3 Å². The van der Waals surface area contributed by atoms with Gasteiger partial charge in [0, 0.05) is 11.9 Å². The molecule has 0 saturated carbocycles. The summed E-state index contributed by atoms with van der Waals surface area (Å²) in [6.07, 6.45) is 4.30. The molecule has 1 aliphatic carbocycles. The van der Waals surface area contributed by atoms with E-state index < -0.39 is 0 Å². The van der Waals surface area contributed by atoms with Gasteiger partial charge in [0.25, 0.3) is 0 Å². The second kappa shape index (κ2) is 7.74. The van der Waals surface area contributed by atoms with Crippen molar-refractivity contribution in [1.29, 1.82) is 0 Å². The van der Waals surface area contributed by atoms with Gasteiger partial charge < -0.3 is 10.3 Å². The molecule has 166 valence electrons. The highest BCUT2D eigenvalue weighted by Gasteiger charge is 2.25. The molecule has 0 radical (unpaired) electrons. The number of hydrogen-bond acceptors (Lipinski definition) is 4. The van der Waals surface area contributed by atoms with E-state index in [9.17, 15) is 9.59 Å². The molecule has 5 aromatic rings. The molecule has 0 bridgehead atoms. The topological polar surface area (TPSA) is 84.7 Å². The lowest BCUT2D eigenvalue weighted by Crippen LogP contribution is -2.28. The largest absolute Gasteiger partial charge is 0.338 e. The van der Waals surface area contributed by atoms with Gasteiger partial charge in [0.05, 0.1) is 27.6 Å². The van der Waals surface area contributed by atoms with Crippen LogP contribution in [0.25, 0.3) is 33.5 Å². The molecule has 8 heteroatoms. The summed E-state index contributed by atoms with van der Waals surface area (Å²) >= 11 is 1.63. The maximum Gasteiger partial charge on any atom is 0.329 e. The lowest BCUT2D eigenvalue weighted by Gasteiger charge is -2.12. The molecule has 0 unspecified atom stereocenters. The number of benzene rings is 2. The number of rotatable bonds is 4. The molecular weight excluding hydrogens is 434 g/mol. The summed E-state index contributed by atoms with van der Waals surface area (Å²) in [7, 11) is 1.73. The quantitative estimate of drug-likeness (QED) is 0.418. The summed E-state index contributed by atoms with van der Waals surface area (Å²) in [5.41, 5.74) is 5.51. The Kier molecular flexibility index (Phi) is 4.69. The number of anilines is 1. The second-order valence-electron chi connectivity index (χ2n) is 8.48. The number of thiophene rings is 1. The SMILES string of the molecule is Cn1c(=O)n(CC(=O)Nc2sc3c(c2-c2nc4ccccc4[nH]2)CCCC3)c2ccccc21. The first-order valence-electron chi connectivity index (χ1n) is 11.1. The molecule has 6 rings (SSSR count). The highest BCUT2D eigenvalue weighted by Crippen LogP contribution is 2.43. The minimum absolute atomic E-state index is 0.0394. The van der Waals surface area contributed by atoms with Crippen LogP contribution in [0.5, 0.6) is 0 Å². The fourth-order valence-electron chi connectivity index (χ4n) is 4.80. The van der Waals surface area contributed by atoms with Crippen LogP contribution in [0.3, 0.4) is 0 Å². The number of carbonyl (C=O) groups excluding carboxylic acids is 1. The summed E-state index contributed by atoms with van der Waals surface area (Å²) in [5, 5.41) is 3.92. The highest BCUT2D eigenvalue weighted by molar-refractivity contribution is 7.17. The minimum Gasteiger partial charge on any atom is -0.338 e. The maximum absolute atomic E-state index is 13.2. The molecule has 0 spiro atoms. The zero-order valence-electron chi connectivity index (χ0n) is 18.2. The van der Waals surface area contributed by atoms with Crippen molar-refractivity contribution in [3.05, 3.63) is 69.5 Å². The molecule has 1 aliphatic rings. The van der Waals surface area contributed by atoms with E-state index in [-0.39, 0.29) is 18.1 Å². The number of nitrogens with one attached hydrogen (secondary N) is 2. The van der Waals surface area contributed by atoms with Crippen molar-refractivity contribution in [2.45, 2.75) is 32.2 Å². The fourth-order valence-corrected chi connectivity index (χ4v) is 6.11. The van der Waals surface area contributed by atoms with Crippen molar-refractivity contribution in [3.63, 3.8) is 0 Å². The molecule has 3 aromatic heterocycles. The number of carbonyl (C=O) groups is 1. The van der Waals surface area contributed by atoms with E-state index in [0.717, 1.165) is 64.1 Å². The Balaban J connectivity index is 1.38. The van der Waals surface area contributed by atoms with Crippen molar-refractivity contribution in [2.24, 2.45) is 7.05 Å². The monoisotopic (exact) mass is 457 g/mol. The third-order valence-electron chi connectivity index (χ3n) is 6.40. The number of aromatic amines is 1. The Bertz CT molecular complexity index is 1550. The van der Waals surface area contributed by atoms with E-state index in [0.29, 0.717) is 0 Å². The van der Waals surface area contributed by atoms with Gasteiger partial charge in [-0.15, -0.1) is 11.3 Å². The van der Waals surface area contributed by atoms with Gasteiger partial charge in [-0.2, -0.15) is 0 Å². The van der Waals surface area contributed by atoms with Crippen LogP contribution in [-0.2, 0) is 31.2 Å². The standard InChI is InChI=1S/C25H23N5O2S/c1-29-18-11-5-6-12-19(18)30(25(29)32)14-21(31)28-24-22(15-8-2-7-13-20(15)33-24)23-26-16-9-3-4-10-17(16)27-23/h3-6,9-12H,2,7-8,13-14H2,1H3,(H,26,27)(H,28,31). The van der Waals surface area contributed by atoms with Crippen LogP contribution in [-0.4, -0.2) is 25.0 Å². The molecule has 3 heterocycles. The first-order valence-corrected chi connectivity index (χ1v) is 12.0. The van der Waals surface area contributed by atoms with Crippen molar-refractivity contribution in [3.8, 4) is 11.4 Å². The first-order chi connectivity index (χ1) is 16.1. The molecule has 2 N–H and O–H groups in total. The average Bonchev–Trinajstić information content (AvgIpc) is 3.48. The van der Waals surface area contributed by atoms with E-state index in [4.69, 9.17) is 4.98 Å². The number of H-pyrrole nitrogens is 1. The van der Waals surface area contributed by atoms with Gasteiger partial charge in [-0.05, 0) is 55.5 Å². The van der Waals surface area contributed by atoms with Gasteiger partial charge in [0.15, 0.2) is 0 Å². The molecule has 0 saturated heterocycles. The molecule has 0 fully saturated rings. The zero-order valence-corrected chi connectivity index (χ0v) is 19.0. The maximum atomic E-state index is 13.2. The highest BCUT2D eigenvalue weighted by atomic mass is 32.1. The Morgan fingerprint density at radius 3 is 2.70 bits per heavy atom. The van der Waals surface area contributed by atoms with Crippen molar-refractivity contribution in [2.75, 3.05) is 5.32 Å². The Hall–Kier alpha value is -3.65. The lowest BCUT2D eigenvalue weighted by molar-refractivity contribution is -0.116. The molecule has 7 nitrogen and oxygen atoms in total. The molecule has 33 heavy (non-hydrogen) atoms. The van der Waals surface area contributed by atoms with Gasteiger partial charge in [-0.25, -0.2) is 9.78 Å². The molecule has 0 atom stereocenters. The third-order valence-corrected chi connectivity index (χ3v) is 7.61. The third kappa shape index (κ3) is 3.29. The van der Waals surface area contributed by atoms with Crippen LogP contribution in [0.2, 0.25) is 0 Å². The number of aromatic nitrogens is 4. The summed E-state index contributed by atoms with van der Waals surface area (Å²) in [4.78, 5) is 35.5. The van der Waals surface area contributed by atoms with E-state index in [1.165, 1.54) is 15.0 Å². The van der Waals surface area contributed by atoms with E-state index in [1.54, 1.807) is 23.0 Å². The second-order valence-corrected chi connectivity index (χ2v) is 9.59. The van der Waals surface area contributed by atoms with Gasteiger partial charge >= 0.3 is 5.69 Å². The Morgan fingerprint density at radius 1 is 1.09 bits per heavy atom. The van der Waals surface area contributed by atoms with E-state index in [2.05, 4.69) is 10.3 Å². The van der Waals surface area contributed by atoms with Crippen LogP contribution in [0, 0.1) is 0 Å². The zero-order chi connectivity index (χ0) is 22.5. The summed E-state index contributed by atoms with van der Waals surface area (Å²) in [6.45, 7) is -0.0394. The van der Waals surface area contributed by atoms with E-state index in [1.807, 2.05) is 48.5 Å². The first kappa shape index (κ1) is 20.0. The van der Waals surface area contributed by atoms with Crippen LogP contribution in [0.4, 0.5) is 5.00 Å². The number of nitrogens with zero attached hydrogens (tertiary/aromatic N) is 3. The van der Waals surface area contributed by atoms with Gasteiger partial charge in [0.2, 0.25) is 5.91 Å². The Morgan fingerprint density at radius 2 is 1.85 bits per heavy atom. The van der Waals surface area contributed by atoms with Crippen molar-refractivity contribution < 1.29 is 4.79 Å². The summed E-state index contributed by atoms with van der Waals surface area (Å²) < 4.78 is 3.10. The number of para-hydroxylation sites is 4. The molecule has 0 aliphatic heterocycles. The number of aryl methyl sites for hydroxylation is 2. The van der Waals surface area contributed by atoms with Crippen molar-refractivity contribution in [1.82, 2.24) is 19.1 Å². The predicted octanol–water partition coefficient (Wildman–Crippen LogP) is 4.46. The van der Waals surface area contributed by atoms with Gasteiger partial charge in [-0.1, -0.05) is 24.3 Å². The molecule has 2 aromatic carbocycles. The van der Waals surface area contributed by atoms with Crippen LogP contribution >= 0.6 is 11.3 Å². The summed E-state index contributed by atoms with van der Waals surface area (Å²) in [5.74, 6) is 0.567. The normalized spacial score (nSPS) is 13.5. The van der Waals surface area contributed by atoms with Crippen LogP contribution in [0.1, 0.15) is 23.3 Å². The Labute approximate surface area is 193 Å². The smallest absolute Gasteiger partial charge is 0.329 e. The predicted molar refractivity (Wildman–Crippen MR) is 132 cm³/mol. The van der Waals surface area contributed by atoms with Gasteiger partial charge in [0.1, 0.15) is 17.4 Å². The summed E-state index contributed by atoms with van der Waals surface area (Å²) in [6, 6.07) is 15.5. The van der Waals surface area contributed by atoms with Gasteiger partial charge in [-0.3, -0.25) is 13.9 Å². The number of fused-ring (bicyclic) bond motifs is 3.